The van der Waals surface area contributed by atoms with Crippen LogP contribution in [-0.2, 0) is 11.2 Å². The molecular weight excluding hydrogens is 324 g/mol. The molecule has 4 rings (SSSR count). The van der Waals surface area contributed by atoms with Crippen molar-refractivity contribution in [2.45, 2.75) is 32.1 Å². The van der Waals surface area contributed by atoms with Gasteiger partial charge < -0.3 is 15.4 Å². The Balaban J connectivity index is 1.70. The third-order valence-corrected chi connectivity index (χ3v) is 5.28. The van der Waals surface area contributed by atoms with Gasteiger partial charge in [-0.3, -0.25) is 4.79 Å². The number of nitrogens with one attached hydrogen (secondary N) is 2. The minimum absolute atomic E-state index is 0.0416. The van der Waals surface area contributed by atoms with Crippen LogP contribution >= 0.6 is 0 Å². The summed E-state index contributed by atoms with van der Waals surface area (Å²) in [6.45, 7) is 0.950. The molecule has 0 aliphatic heterocycles. The molecule has 134 valence electrons. The summed E-state index contributed by atoms with van der Waals surface area (Å²) in [6, 6.07) is 16.3. The number of hydrogen-bond acceptors (Lipinski definition) is 2. The maximum Gasteiger partial charge on any atom is 0.307 e. The molecule has 0 amide bonds. The van der Waals surface area contributed by atoms with Crippen LogP contribution in [0.4, 0.5) is 5.69 Å². The van der Waals surface area contributed by atoms with Crippen LogP contribution < -0.4 is 5.32 Å². The standard InChI is InChI=1S/C22H24N2O2/c25-21(26)12-16-10-18-13-19(17-8-2-1-3-9-17)24-22(18)20(11-16)23-14-15-6-4-5-7-15/h1-3,8-11,13,15,23-24H,4-7,12,14H2,(H,25,26). The Morgan fingerprint density at radius 2 is 1.88 bits per heavy atom. The van der Waals surface area contributed by atoms with Gasteiger partial charge in [0.1, 0.15) is 0 Å². The van der Waals surface area contributed by atoms with E-state index in [1.165, 1.54) is 25.7 Å². The fourth-order valence-corrected chi connectivity index (χ4v) is 3.96. The number of anilines is 1. The minimum Gasteiger partial charge on any atom is -0.481 e. The molecule has 1 saturated carbocycles. The monoisotopic (exact) mass is 348 g/mol. The van der Waals surface area contributed by atoms with Gasteiger partial charge in [0, 0.05) is 17.6 Å². The van der Waals surface area contributed by atoms with Gasteiger partial charge in [-0.05, 0) is 48.1 Å². The zero-order valence-electron chi connectivity index (χ0n) is 14.8. The summed E-state index contributed by atoms with van der Waals surface area (Å²) in [7, 11) is 0. The first kappa shape index (κ1) is 16.7. The number of aromatic amines is 1. The Labute approximate surface area is 153 Å². The quantitative estimate of drug-likeness (QED) is 0.583. The van der Waals surface area contributed by atoms with Gasteiger partial charge in [-0.1, -0.05) is 43.2 Å². The van der Waals surface area contributed by atoms with E-state index in [9.17, 15) is 9.90 Å². The Bertz CT molecular complexity index is 909. The predicted molar refractivity (Wildman–Crippen MR) is 106 cm³/mol. The highest BCUT2D eigenvalue weighted by molar-refractivity contribution is 5.96. The van der Waals surface area contributed by atoms with E-state index in [1.807, 2.05) is 30.3 Å². The van der Waals surface area contributed by atoms with E-state index in [-0.39, 0.29) is 6.42 Å². The van der Waals surface area contributed by atoms with E-state index < -0.39 is 5.97 Å². The summed E-state index contributed by atoms with van der Waals surface area (Å²) in [5.41, 5.74) is 5.07. The Morgan fingerprint density at radius 1 is 1.12 bits per heavy atom. The first-order valence-corrected chi connectivity index (χ1v) is 9.36. The Hall–Kier alpha value is -2.75. The molecule has 26 heavy (non-hydrogen) atoms. The lowest BCUT2D eigenvalue weighted by molar-refractivity contribution is -0.136. The van der Waals surface area contributed by atoms with Crippen molar-refractivity contribution in [1.82, 2.24) is 4.98 Å². The molecule has 2 aromatic carbocycles. The molecule has 0 atom stereocenters. The number of aromatic nitrogens is 1. The maximum absolute atomic E-state index is 11.2. The van der Waals surface area contributed by atoms with Gasteiger partial charge in [0.2, 0.25) is 0 Å². The molecule has 4 nitrogen and oxygen atoms in total. The highest BCUT2D eigenvalue weighted by Crippen LogP contribution is 2.32. The average Bonchev–Trinajstić information content (AvgIpc) is 3.29. The second-order valence-electron chi connectivity index (χ2n) is 7.26. The summed E-state index contributed by atoms with van der Waals surface area (Å²) < 4.78 is 0. The lowest BCUT2D eigenvalue weighted by Crippen LogP contribution is -2.11. The maximum atomic E-state index is 11.2. The Morgan fingerprint density at radius 3 is 2.62 bits per heavy atom. The van der Waals surface area contributed by atoms with E-state index in [4.69, 9.17) is 0 Å². The molecule has 0 spiro atoms. The van der Waals surface area contributed by atoms with Crippen LogP contribution in [0, 0.1) is 5.92 Å². The SMILES string of the molecule is O=C(O)Cc1cc(NCC2CCCC2)c2[nH]c(-c3ccccc3)cc2c1. The summed E-state index contributed by atoms with van der Waals surface area (Å²) in [4.78, 5) is 14.7. The number of benzene rings is 2. The summed E-state index contributed by atoms with van der Waals surface area (Å²) >= 11 is 0. The second kappa shape index (κ2) is 7.24. The number of carbonyl (C=O) groups is 1. The summed E-state index contributed by atoms with van der Waals surface area (Å²) in [6.07, 6.45) is 5.25. The third kappa shape index (κ3) is 3.59. The smallest absolute Gasteiger partial charge is 0.307 e. The number of carboxylic acids is 1. The van der Waals surface area contributed by atoms with Crippen molar-refractivity contribution in [2.24, 2.45) is 5.92 Å². The second-order valence-corrected chi connectivity index (χ2v) is 7.26. The van der Waals surface area contributed by atoms with E-state index >= 15 is 0 Å². The summed E-state index contributed by atoms with van der Waals surface area (Å²) in [5, 5.41) is 13.8. The minimum atomic E-state index is -0.801. The molecule has 1 aliphatic rings. The number of H-pyrrole nitrogens is 1. The summed E-state index contributed by atoms with van der Waals surface area (Å²) in [5.74, 6) is -0.0818. The number of fused-ring (bicyclic) bond motifs is 1. The number of rotatable bonds is 6. The van der Waals surface area contributed by atoms with Gasteiger partial charge in [0.15, 0.2) is 0 Å². The van der Waals surface area contributed by atoms with E-state index in [0.717, 1.165) is 45.9 Å². The number of carboxylic acid groups (broad SMARTS) is 1. The van der Waals surface area contributed by atoms with Crippen molar-refractivity contribution in [3.05, 3.63) is 54.1 Å². The van der Waals surface area contributed by atoms with Crippen LogP contribution in [0.5, 0.6) is 0 Å². The molecule has 1 heterocycles. The zero-order valence-corrected chi connectivity index (χ0v) is 14.8. The van der Waals surface area contributed by atoms with Crippen LogP contribution in [0.2, 0.25) is 0 Å². The topological polar surface area (TPSA) is 65.1 Å². The molecule has 0 unspecified atom stereocenters. The zero-order chi connectivity index (χ0) is 17.9. The molecule has 0 saturated heterocycles. The van der Waals surface area contributed by atoms with Gasteiger partial charge in [-0.15, -0.1) is 0 Å². The van der Waals surface area contributed by atoms with E-state index in [1.54, 1.807) is 0 Å². The van der Waals surface area contributed by atoms with Gasteiger partial charge in [0.05, 0.1) is 17.6 Å². The fraction of sp³-hybridized carbons (Fsp3) is 0.318. The molecule has 3 N–H and O–H groups in total. The lowest BCUT2D eigenvalue weighted by atomic mass is 10.1. The first-order valence-electron chi connectivity index (χ1n) is 9.36. The van der Waals surface area contributed by atoms with Gasteiger partial charge in [-0.2, -0.15) is 0 Å². The van der Waals surface area contributed by atoms with Gasteiger partial charge >= 0.3 is 5.97 Å². The molecule has 1 aromatic heterocycles. The lowest BCUT2D eigenvalue weighted by Gasteiger charge is -2.14. The van der Waals surface area contributed by atoms with Crippen molar-refractivity contribution in [2.75, 3.05) is 11.9 Å². The molecular formula is C22H24N2O2. The molecule has 1 aliphatic carbocycles. The van der Waals surface area contributed by atoms with Crippen LogP contribution in [0.3, 0.4) is 0 Å². The predicted octanol–water partition coefficient (Wildman–Crippen LogP) is 5.06. The van der Waals surface area contributed by atoms with Crippen molar-refractivity contribution in [3.8, 4) is 11.3 Å². The van der Waals surface area contributed by atoms with E-state index in [2.05, 4.69) is 28.5 Å². The van der Waals surface area contributed by atoms with Gasteiger partial charge in [-0.25, -0.2) is 0 Å². The van der Waals surface area contributed by atoms with Crippen LogP contribution in [0.1, 0.15) is 31.2 Å². The Kier molecular flexibility index (Phi) is 4.65. The highest BCUT2D eigenvalue weighted by Gasteiger charge is 2.16. The van der Waals surface area contributed by atoms with Crippen LogP contribution in [-0.4, -0.2) is 22.6 Å². The van der Waals surface area contributed by atoms with Crippen molar-refractivity contribution in [3.63, 3.8) is 0 Å². The van der Waals surface area contributed by atoms with Crippen LogP contribution in [0.25, 0.3) is 22.2 Å². The highest BCUT2D eigenvalue weighted by atomic mass is 16.4. The average molecular weight is 348 g/mol. The normalized spacial score (nSPS) is 14.8. The molecule has 3 aromatic rings. The molecule has 0 bridgehead atoms. The van der Waals surface area contributed by atoms with Crippen LogP contribution in [0.15, 0.2) is 48.5 Å². The van der Waals surface area contributed by atoms with Gasteiger partial charge in [0.25, 0.3) is 0 Å². The first-order chi connectivity index (χ1) is 12.7. The van der Waals surface area contributed by atoms with Crippen molar-refractivity contribution in [1.29, 1.82) is 0 Å². The fourth-order valence-electron chi connectivity index (χ4n) is 3.96. The molecule has 4 heteroatoms. The number of aliphatic carboxylic acids is 1. The van der Waals surface area contributed by atoms with Crippen molar-refractivity contribution >= 4 is 22.6 Å². The molecule has 1 fully saturated rings. The van der Waals surface area contributed by atoms with E-state index in [0.29, 0.717) is 0 Å². The third-order valence-electron chi connectivity index (χ3n) is 5.28. The van der Waals surface area contributed by atoms with Crippen molar-refractivity contribution < 1.29 is 9.90 Å². The largest absolute Gasteiger partial charge is 0.481 e. The number of hydrogen-bond donors (Lipinski definition) is 3. The molecule has 0 radical (unpaired) electrons.